The lowest BCUT2D eigenvalue weighted by Crippen LogP contribution is -2.40. The van der Waals surface area contributed by atoms with E-state index >= 15 is 0 Å². The van der Waals surface area contributed by atoms with Crippen LogP contribution in [0.5, 0.6) is 0 Å². The fraction of sp³-hybridized carbons (Fsp3) is 0.231. The summed E-state index contributed by atoms with van der Waals surface area (Å²) in [6.07, 6.45) is 0. The number of hydrogen-bond donors (Lipinski definition) is 1. The second-order valence-electron chi connectivity index (χ2n) is 4.79. The molecule has 0 spiro atoms. The van der Waals surface area contributed by atoms with E-state index in [0.29, 0.717) is 15.6 Å². The Morgan fingerprint density at radius 3 is 2.45 bits per heavy atom. The Bertz CT molecular complexity index is 710. The molecule has 1 heterocycles. The maximum atomic E-state index is 12.3. The Morgan fingerprint density at radius 2 is 1.90 bits per heavy atom. The van der Waals surface area contributed by atoms with E-state index in [2.05, 4.69) is 4.72 Å². The predicted molar refractivity (Wildman–Crippen MR) is 84.1 cm³/mol. The van der Waals surface area contributed by atoms with Crippen LogP contribution in [-0.2, 0) is 15.6 Å². The molecule has 20 heavy (non-hydrogen) atoms. The van der Waals surface area contributed by atoms with Crippen LogP contribution in [-0.4, -0.2) is 8.42 Å². The Morgan fingerprint density at radius 1 is 1.20 bits per heavy atom. The maximum Gasteiger partial charge on any atom is 0.250 e. The summed E-state index contributed by atoms with van der Waals surface area (Å²) in [6.45, 7) is 3.51. The van der Waals surface area contributed by atoms with Gasteiger partial charge in [0, 0.05) is 10.0 Å². The molecule has 0 bridgehead atoms. The minimum atomic E-state index is -3.57. The largest absolute Gasteiger partial charge is 0.250 e. The van der Waals surface area contributed by atoms with Crippen LogP contribution in [0.1, 0.15) is 19.4 Å². The molecular weight excluding hydrogens is 337 g/mol. The second-order valence-corrected chi connectivity index (χ2v) is 8.49. The number of halogens is 2. The molecule has 0 atom stereocenters. The summed E-state index contributed by atoms with van der Waals surface area (Å²) in [5.74, 6) is 0. The molecule has 1 N–H and O–H groups in total. The highest BCUT2D eigenvalue weighted by Gasteiger charge is 2.30. The summed E-state index contributed by atoms with van der Waals surface area (Å²) >= 11 is 13.2. The van der Waals surface area contributed by atoms with E-state index in [1.807, 2.05) is 0 Å². The van der Waals surface area contributed by atoms with Crippen molar-refractivity contribution in [2.24, 2.45) is 0 Å². The van der Waals surface area contributed by atoms with Crippen LogP contribution >= 0.6 is 34.5 Å². The molecule has 0 aliphatic rings. The number of sulfonamides is 1. The minimum Gasteiger partial charge on any atom is -0.206 e. The monoisotopic (exact) mass is 349 g/mol. The van der Waals surface area contributed by atoms with Crippen LogP contribution < -0.4 is 4.72 Å². The van der Waals surface area contributed by atoms with E-state index in [9.17, 15) is 8.42 Å². The van der Waals surface area contributed by atoms with E-state index in [0.717, 1.165) is 0 Å². The summed E-state index contributed by atoms with van der Waals surface area (Å²) in [6, 6.07) is 8.26. The van der Waals surface area contributed by atoms with Crippen LogP contribution in [0.2, 0.25) is 10.0 Å². The summed E-state index contributed by atoms with van der Waals surface area (Å²) in [4.78, 5) is 0. The van der Waals surface area contributed by atoms with Gasteiger partial charge in [0.2, 0.25) is 0 Å². The van der Waals surface area contributed by atoms with E-state index in [1.54, 1.807) is 49.6 Å². The van der Waals surface area contributed by atoms with Crippen molar-refractivity contribution >= 4 is 44.6 Å². The SMILES string of the molecule is CC(C)(NS(=O)(=O)c1cccs1)c1ccc(Cl)cc1Cl. The molecule has 2 aromatic rings. The van der Waals surface area contributed by atoms with Gasteiger partial charge in [-0.1, -0.05) is 35.3 Å². The van der Waals surface area contributed by atoms with Crippen molar-refractivity contribution in [1.29, 1.82) is 0 Å². The third-order valence-corrected chi connectivity index (χ3v) is 6.36. The van der Waals surface area contributed by atoms with Gasteiger partial charge < -0.3 is 0 Å². The summed E-state index contributed by atoms with van der Waals surface area (Å²) < 4.78 is 27.5. The molecule has 0 amide bonds. The molecule has 7 heteroatoms. The zero-order valence-corrected chi connectivity index (χ0v) is 14.0. The summed E-state index contributed by atoms with van der Waals surface area (Å²) in [5.41, 5.74) is -0.173. The van der Waals surface area contributed by atoms with Crippen LogP contribution in [0.3, 0.4) is 0 Å². The molecule has 108 valence electrons. The quantitative estimate of drug-likeness (QED) is 0.895. The van der Waals surface area contributed by atoms with Crippen molar-refractivity contribution in [3.63, 3.8) is 0 Å². The second kappa shape index (κ2) is 5.66. The Hall–Kier alpha value is -0.590. The third-order valence-electron chi connectivity index (χ3n) is 2.75. The van der Waals surface area contributed by atoms with Crippen molar-refractivity contribution in [1.82, 2.24) is 4.72 Å². The van der Waals surface area contributed by atoms with Gasteiger partial charge in [-0.3, -0.25) is 0 Å². The molecule has 2 rings (SSSR count). The van der Waals surface area contributed by atoms with E-state index < -0.39 is 15.6 Å². The van der Waals surface area contributed by atoms with Gasteiger partial charge in [0.05, 0.1) is 5.54 Å². The molecule has 0 saturated carbocycles. The lowest BCUT2D eigenvalue weighted by atomic mass is 9.96. The normalized spacial score (nSPS) is 12.6. The molecular formula is C13H13Cl2NO2S2. The molecule has 1 aromatic heterocycles. The molecule has 0 aliphatic carbocycles. The molecule has 1 aromatic carbocycles. The maximum absolute atomic E-state index is 12.3. The lowest BCUT2D eigenvalue weighted by Gasteiger charge is -2.27. The smallest absolute Gasteiger partial charge is 0.206 e. The first-order chi connectivity index (χ1) is 9.22. The average molecular weight is 350 g/mol. The van der Waals surface area contributed by atoms with Crippen molar-refractivity contribution in [2.75, 3.05) is 0 Å². The third kappa shape index (κ3) is 3.35. The van der Waals surface area contributed by atoms with Gasteiger partial charge in [-0.2, -0.15) is 0 Å². The number of thiophene rings is 1. The summed E-state index contributed by atoms with van der Waals surface area (Å²) in [5, 5.41) is 2.66. The topological polar surface area (TPSA) is 46.2 Å². The fourth-order valence-electron chi connectivity index (χ4n) is 1.85. The molecule has 0 fully saturated rings. The van der Waals surface area contributed by atoms with Crippen molar-refractivity contribution in [3.8, 4) is 0 Å². The van der Waals surface area contributed by atoms with Gasteiger partial charge in [0.1, 0.15) is 4.21 Å². The lowest BCUT2D eigenvalue weighted by molar-refractivity contribution is 0.473. The number of rotatable bonds is 4. The van der Waals surface area contributed by atoms with Crippen LogP contribution in [0.15, 0.2) is 39.9 Å². The van der Waals surface area contributed by atoms with Gasteiger partial charge in [-0.25, -0.2) is 13.1 Å². The minimum absolute atomic E-state index is 0.274. The van der Waals surface area contributed by atoms with E-state index in [-0.39, 0.29) is 4.21 Å². The average Bonchev–Trinajstić information content (AvgIpc) is 2.80. The van der Waals surface area contributed by atoms with Gasteiger partial charge in [0.15, 0.2) is 0 Å². The molecule has 0 aliphatic heterocycles. The van der Waals surface area contributed by atoms with Gasteiger partial charge in [-0.15, -0.1) is 11.3 Å². The highest BCUT2D eigenvalue weighted by atomic mass is 35.5. The Kier molecular flexibility index (Phi) is 4.47. The van der Waals surface area contributed by atoms with Crippen molar-refractivity contribution < 1.29 is 8.42 Å². The molecule has 0 saturated heterocycles. The van der Waals surface area contributed by atoms with Crippen LogP contribution in [0.25, 0.3) is 0 Å². The van der Waals surface area contributed by atoms with Crippen molar-refractivity contribution in [3.05, 3.63) is 51.3 Å². The van der Waals surface area contributed by atoms with Crippen molar-refractivity contribution in [2.45, 2.75) is 23.6 Å². The first-order valence-electron chi connectivity index (χ1n) is 5.75. The Balaban J connectivity index is 2.36. The Labute approximate surface area is 132 Å². The van der Waals surface area contributed by atoms with E-state index in [1.165, 1.54) is 11.3 Å². The molecule has 0 radical (unpaired) electrons. The molecule has 0 unspecified atom stereocenters. The highest BCUT2D eigenvalue weighted by Crippen LogP contribution is 2.31. The first kappa shape index (κ1) is 15.8. The summed E-state index contributed by atoms with van der Waals surface area (Å²) in [7, 11) is -3.57. The number of benzene rings is 1. The number of nitrogens with one attached hydrogen (secondary N) is 1. The van der Waals surface area contributed by atoms with Crippen LogP contribution in [0.4, 0.5) is 0 Å². The predicted octanol–water partition coefficient (Wildman–Crippen LogP) is 4.27. The first-order valence-corrected chi connectivity index (χ1v) is 8.87. The van der Waals surface area contributed by atoms with Gasteiger partial charge >= 0.3 is 0 Å². The standard InChI is InChI=1S/C13H13Cl2NO2S2/c1-13(2,10-6-5-9(14)8-11(10)15)16-20(17,18)12-4-3-7-19-12/h3-8,16H,1-2H3. The fourth-order valence-corrected chi connectivity index (χ4v) is 4.89. The molecule has 3 nitrogen and oxygen atoms in total. The van der Waals surface area contributed by atoms with E-state index in [4.69, 9.17) is 23.2 Å². The van der Waals surface area contributed by atoms with Gasteiger partial charge in [0.25, 0.3) is 10.0 Å². The zero-order chi connectivity index (χ0) is 15.0. The highest BCUT2D eigenvalue weighted by molar-refractivity contribution is 7.91. The van der Waals surface area contributed by atoms with Gasteiger partial charge in [-0.05, 0) is 43.0 Å². The van der Waals surface area contributed by atoms with Crippen LogP contribution in [0, 0.1) is 0 Å². The number of hydrogen-bond acceptors (Lipinski definition) is 3. The zero-order valence-electron chi connectivity index (χ0n) is 10.9.